The van der Waals surface area contributed by atoms with Gasteiger partial charge in [-0.2, -0.15) is 0 Å². The van der Waals surface area contributed by atoms with E-state index in [-0.39, 0.29) is 5.11 Å². The van der Waals surface area contributed by atoms with E-state index in [0.717, 1.165) is 5.69 Å². The van der Waals surface area contributed by atoms with Crippen molar-refractivity contribution in [2.75, 3.05) is 11.9 Å². The highest BCUT2D eigenvalue weighted by Crippen LogP contribution is 2.02. The molecule has 1 aromatic carbocycles. The van der Waals surface area contributed by atoms with E-state index in [9.17, 15) is 4.79 Å². The van der Waals surface area contributed by atoms with Crippen LogP contribution in [0.3, 0.4) is 0 Å². The van der Waals surface area contributed by atoms with Gasteiger partial charge in [-0.3, -0.25) is 5.32 Å². The van der Waals surface area contributed by atoms with Gasteiger partial charge in [0.15, 0.2) is 5.11 Å². The standard InChI is InChI=1S/C10H11BN2O2S/c1-2-15-10(14)13-9(16)12-8-5-3-7(11)4-6-8/h3-6H,2H2,1H3,(H2,12,13,14,16). The summed E-state index contributed by atoms with van der Waals surface area (Å²) in [6, 6.07) is 6.98. The molecule has 6 heteroatoms. The van der Waals surface area contributed by atoms with Gasteiger partial charge in [0.25, 0.3) is 0 Å². The Morgan fingerprint density at radius 3 is 2.62 bits per heavy atom. The molecule has 1 rings (SSSR count). The molecule has 0 atom stereocenters. The average molecular weight is 234 g/mol. The van der Waals surface area contributed by atoms with E-state index in [0.29, 0.717) is 12.1 Å². The maximum atomic E-state index is 11.0. The Kier molecular flexibility index (Phi) is 4.79. The first kappa shape index (κ1) is 12.5. The lowest BCUT2D eigenvalue weighted by molar-refractivity contribution is 0.158. The van der Waals surface area contributed by atoms with Gasteiger partial charge in [-0.25, -0.2) is 4.79 Å². The molecule has 2 radical (unpaired) electrons. The predicted molar refractivity (Wildman–Crippen MR) is 68.2 cm³/mol. The maximum absolute atomic E-state index is 11.0. The monoisotopic (exact) mass is 234 g/mol. The van der Waals surface area contributed by atoms with Crippen molar-refractivity contribution >= 4 is 42.4 Å². The van der Waals surface area contributed by atoms with E-state index in [1.165, 1.54) is 0 Å². The van der Waals surface area contributed by atoms with Crippen LogP contribution in [0, 0.1) is 0 Å². The fourth-order valence-electron chi connectivity index (χ4n) is 0.989. The lowest BCUT2D eigenvalue weighted by Gasteiger charge is -2.09. The Bertz CT molecular complexity index is 381. The molecule has 16 heavy (non-hydrogen) atoms. The number of carbonyl (C=O) groups excluding carboxylic acids is 1. The van der Waals surface area contributed by atoms with Crippen molar-refractivity contribution in [2.24, 2.45) is 0 Å². The highest BCUT2D eigenvalue weighted by Gasteiger charge is 2.03. The fraction of sp³-hybridized carbons (Fsp3) is 0.200. The topological polar surface area (TPSA) is 50.4 Å². The van der Waals surface area contributed by atoms with Crippen LogP contribution in [-0.2, 0) is 4.74 Å². The number of thiocarbonyl (C=S) groups is 1. The molecule has 0 saturated heterocycles. The number of hydrogen-bond donors (Lipinski definition) is 2. The third-order valence-electron chi connectivity index (χ3n) is 1.66. The van der Waals surface area contributed by atoms with Gasteiger partial charge in [-0.1, -0.05) is 17.6 Å². The molecule has 1 aromatic rings. The quantitative estimate of drug-likeness (QED) is 0.590. The van der Waals surface area contributed by atoms with E-state index >= 15 is 0 Å². The number of carbonyl (C=O) groups is 1. The highest BCUT2D eigenvalue weighted by atomic mass is 32.1. The van der Waals surface area contributed by atoms with E-state index in [2.05, 4.69) is 15.4 Å². The first-order chi connectivity index (χ1) is 7.61. The highest BCUT2D eigenvalue weighted by molar-refractivity contribution is 7.80. The number of rotatable bonds is 2. The van der Waals surface area contributed by atoms with Crippen LogP contribution >= 0.6 is 12.2 Å². The molecule has 0 fully saturated rings. The molecule has 0 spiro atoms. The van der Waals surface area contributed by atoms with Crippen LogP contribution in [0.25, 0.3) is 0 Å². The van der Waals surface area contributed by atoms with Gasteiger partial charge in [0, 0.05) is 5.69 Å². The second-order valence-corrected chi connectivity index (χ2v) is 3.33. The van der Waals surface area contributed by atoms with Crippen molar-refractivity contribution in [1.82, 2.24) is 5.32 Å². The van der Waals surface area contributed by atoms with Crippen LogP contribution in [0.5, 0.6) is 0 Å². The van der Waals surface area contributed by atoms with Crippen molar-refractivity contribution in [3.63, 3.8) is 0 Å². The Morgan fingerprint density at radius 2 is 2.06 bits per heavy atom. The van der Waals surface area contributed by atoms with Crippen molar-refractivity contribution in [1.29, 1.82) is 0 Å². The van der Waals surface area contributed by atoms with Crippen molar-refractivity contribution in [3.05, 3.63) is 24.3 Å². The third-order valence-corrected chi connectivity index (χ3v) is 1.86. The maximum Gasteiger partial charge on any atom is 0.413 e. The summed E-state index contributed by atoms with van der Waals surface area (Å²) in [5.74, 6) is 0. The van der Waals surface area contributed by atoms with Gasteiger partial charge in [0.1, 0.15) is 7.85 Å². The first-order valence-corrected chi connectivity index (χ1v) is 5.13. The summed E-state index contributed by atoms with van der Waals surface area (Å²) in [5, 5.41) is 5.38. The molecule has 0 aliphatic rings. The molecule has 0 aliphatic heterocycles. The van der Waals surface area contributed by atoms with Crippen LogP contribution in [0.15, 0.2) is 24.3 Å². The largest absolute Gasteiger partial charge is 0.450 e. The van der Waals surface area contributed by atoms with Crippen LogP contribution in [-0.4, -0.2) is 25.7 Å². The minimum Gasteiger partial charge on any atom is -0.450 e. The molecule has 1 amide bonds. The molecule has 0 bridgehead atoms. The molecule has 0 aromatic heterocycles. The van der Waals surface area contributed by atoms with E-state index in [1.807, 2.05) is 0 Å². The second kappa shape index (κ2) is 6.12. The van der Waals surface area contributed by atoms with Crippen LogP contribution in [0.1, 0.15) is 6.92 Å². The summed E-state index contributed by atoms with van der Waals surface area (Å²) in [5.41, 5.74) is 1.41. The SMILES string of the molecule is [B]c1ccc(NC(=S)NC(=O)OCC)cc1. The molecule has 4 nitrogen and oxygen atoms in total. The number of benzene rings is 1. The fourth-order valence-corrected chi connectivity index (χ4v) is 1.19. The molecule has 0 aliphatic carbocycles. The molecular formula is C10H11BN2O2S. The van der Waals surface area contributed by atoms with Gasteiger partial charge in [0.2, 0.25) is 0 Å². The number of hydrogen-bond acceptors (Lipinski definition) is 3. The van der Waals surface area contributed by atoms with Gasteiger partial charge < -0.3 is 10.1 Å². The first-order valence-electron chi connectivity index (χ1n) is 4.72. The number of ether oxygens (including phenoxy) is 1. The number of anilines is 1. The molecule has 82 valence electrons. The second-order valence-electron chi connectivity index (χ2n) is 2.92. The van der Waals surface area contributed by atoms with Gasteiger partial charge in [0.05, 0.1) is 6.61 Å². The van der Waals surface area contributed by atoms with Crippen molar-refractivity contribution in [2.45, 2.75) is 6.92 Å². The lowest BCUT2D eigenvalue weighted by atomic mass is 9.96. The van der Waals surface area contributed by atoms with Crippen LogP contribution in [0.4, 0.5) is 10.5 Å². The molecule has 0 heterocycles. The van der Waals surface area contributed by atoms with Crippen LogP contribution < -0.4 is 16.1 Å². The summed E-state index contributed by atoms with van der Waals surface area (Å²) < 4.78 is 4.67. The minimum absolute atomic E-state index is 0.184. The molecule has 0 saturated carbocycles. The minimum atomic E-state index is -0.574. The number of nitrogens with one attached hydrogen (secondary N) is 2. The van der Waals surface area contributed by atoms with Crippen molar-refractivity contribution in [3.8, 4) is 0 Å². The van der Waals surface area contributed by atoms with E-state index in [1.54, 1.807) is 31.2 Å². The Morgan fingerprint density at radius 1 is 1.44 bits per heavy atom. The smallest absolute Gasteiger partial charge is 0.413 e. The Labute approximate surface area is 101 Å². The summed E-state index contributed by atoms with van der Waals surface area (Å²) in [7, 11) is 5.53. The molecule has 0 unspecified atom stereocenters. The molecule has 2 N–H and O–H groups in total. The Hall–Kier alpha value is -1.56. The Balaban J connectivity index is 2.45. The summed E-state index contributed by atoms with van der Waals surface area (Å²) in [4.78, 5) is 11.0. The van der Waals surface area contributed by atoms with Crippen LogP contribution in [0.2, 0.25) is 0 Å². The number of alkyl carbamates (subject to hydrolysis) is 1. The zero-order chi connectivity index (χ0) is 12.0. The third kappa shape index (κ3) is 4.31. The van der Waals surface area contributed by atoms with Gasteiger partial charge >= 0.3 is 6.09 Å². The normalized spacial score (nSPS) is 9.31. The summed E-state index contributed by atoms with van der Waals surface area (Å²) in [6.07, 6.45) is -0.574. The van der Waals surface area contributed by atoms with Gasteiger partial charge in [-0.15, -0.1) is 0 Å². The average Bonchev–Trinajstić information content (AvgIpc) is 2.21. The van der Waals surface area contributed by atoms with Crippen molar-refractivity contribution < 1.29 is 9.53 Å². The number of amides is 1. The zero-order valence-corrected chi connectivity index (χ0v) is 9.64. The summed E-state index contributed by atoms with van der Waals surface area (Å²) >= 11 is 4.90. The lowest BCUT2D eigenvalue weighted by Crippen LogP contribution is -2.34. The van der Waals surface area contributed by atoms with E-state index < -0.39 is 6.09 Å². The summed E-state index contributed by atoms with van der Waals surface area (Å²) in [6.45, 7) is 2.02. The molecular weight excluding hydrogens is 223 g/mol. The predicted octanol–water partition coefficient (Wildman–Crippen LogP) is 0.923. The van der Waals surface area contributed by atoms with Gasteiger partial charge in [-0.05, 0) is 31.3 Å². The zero-order valence-electron chi connectivity index (χ0n) is 8.82. The van der Waals surface area contributed by atoms with E-state index in [4.69, 9.17) is 20.1 Å².